The second kappa shape index (κ2) is 6.52. The van der Waals surface area contributed by atoms with Crippen LogP contribution in [0.4, 0.5) is 0 Å². The van der Waals surface area contributed by atoms with Gasteiger partial charge < -0.3 is 9.64 Å². The van der Waals surface area contributed by atoms with Gasteiger partial charge in [-0.3, -0.25) is 4.79 Å². The highest BCUT2D eigenvalue weighted by Gasteiger charge is 2.58. The predicted molar refractivity (Wildman–Crippen MR) is 95.9 cm³/mol. The minimum atomic E-state index is -2.86. The van der Waals surface area contributed by atoms with Crippen LogP contribution in [0.3, 0.4) is 0 Å². The summed E-state index contributed by atoms with van der Waals surface area (Å²) < 4.78 is 29.2. The van der Waals surface area contributed by atoms with Crippen molar-refractivity contribution in [3.05, 3.63) is 0 Å². The van der Waals surface area contributed by atoms with Crippen LogP contribution < -0.4 is 0 Å². The maximum Gasteiger partial charge on any atom is 0.307 e. The summed E-state index contributed by atoms with van der Waals surface area (Å²) in [6.45, 7) is 3.89. The number of sulfone groups is 1. The third-order valence-corrected chi connectivity index (χ3v) is 9.05. The van der Waals surface area contributed by atoms with Crippen molar-refractivity contribution in [2.24, 2.45) is 23.7 Å². The second-order valence-electron chi connectivity index (χ2n) is 8.83. The van der Waals surface area contributed by atoms with E-state index in [0.717, 1.165) is 18.3 Å². The molecule has 142 valence electrons. The summed E-state index contributed by atoms with van der Waals surface area (Å²) in [6.07, 6.45) is 7.72. The van der Waals surface area contributed by atoms with Gasteiger partial charge in [0, 0.05) is 19.6 Å². The molecule has 5 fully saturated rings. The largest absolute Gasteiger partial charge is 0.458 e. The Labute approximate surface area is 151 Å². The lowest BCUT2D eigenvalue weighted by Crippen LogP contribution is -2.59. The highest BCUT2D eigenvalue weighted by Crippen LogP contribution is 2.60. The van der Waals surface area contributed by atoms with Gasteiger partial charge in [-0.2, -0.15) is 0 Å². The molecule has 1 saturated heterocycles. The van der Waals surface area contributed by atoms with Crippen LogP contribution in [0.5, 0.6) is 0 Å². The molecule has 5 nitrogen and oxygen atoms in total. The molecule has 5 rings (SSSR count). The Balaban J connectivity index is 1.34. The lowest BCUT2D eigenvalue weighted by molar-refractivity contribution is -0.211. The first kappa shape index (κ1) is 17.8. The third kappa shape index (κ3) is 3.36. The summed E-state index contributed by atoms with van der Waals surface area (Å²) in [5, 5.41) is 0. The van der Waals surface area contributed by atoms with Gasteiger partial charge in [-0.15, -0.1) is 0 Å². The summed E-state index contributed by atoms with van der Waals surface area (Å²) in [5.74, 6) is 3.23. The summed E-state index contributed by atoms with van der Waals surface area (Å²) in [7, 11) is -2.86. The van der Waals surface area contributed by atoms with Gasteiger partial charge in [-0.25, -0.2) is 8.42 Å². The lowest BCUT2D eigenvalue weighted by Gasteiger charge is -2.60. The zero-order chi connectivity index (χ0) is 17.7. The van der Waals surface area contributed by atoms with E-state index < -0.39 is 9.84 Å². The first-order chi connectivity index (χ1) is 11.9. The van der Waals surface area contributed by atoms with Gasteiger partial charge in [-0.1, -0.05) is 6.92 Å². The average molecular weight is 370 g/mol. The van der Waals surface area contributed by atoms with E-state index in [1.165, 1.54) is 32.1 Å². The maximum absolute atomic E-state index is 12.6. The van der Waals surface area contributed by atoms with Gasteiger partial charge >= 0.3 is 5.97 Å². The summed E-state index contributed by atoms with van der Waals surface area (Å²) in [5.41, 5.74) is -0.213. The van der Waals surface area contributed by atoms with Crippen LogP contribution in [0, 0.1) is 23.7 Å². The molecule has 0 atom stereocenters. The molecule has 1 heterocycles. The molecule has 0 N–H and O–H groups in total. The van der Waals surface area contributed by atoms with Crippen LogP contribution in [0.15, 0.2) is 0 Å². The van der Waals surface area contributed by atoms with Gasteiger partial charge in [-0.05, 0) is 62.2 Å². The molecule has 0 radical (unpaired) electrons. The highest BCUT2D eigenvalue weighted by atomic mass is 32.2. The summed E-state index contributed by atoms with van der Waals surface area (Å²) >= 11 is 0. The molecule has 6 heteroatoms. The fraction of sp³-hybridized carbons (Fsp3) is 0.947. The Kier molecular flexibility index (Phi) is 4.64. The van der Waals surface area contributed by atoms with Crippen LogP contribution in [-0.2, 0) is 19.4 Å². The Morgan fingerprint density at radius 1 is 1.04 bits per heavy atom. The molecular weight excluding hydrogens is 338 g/mol. The zero-order valence-electron chi connectivity index (χ0n) is 15.3. The summed E-state index contributed by atoms with van der Waals surface area (Å²) in [6, 6.07) is 0. The number of ether oxygens (including phenoxy) is 1. The standard InChI is InChI=1S/C19H31NO4S/c1-2-19(16-10-14-9-15(12-16)13-17(19)11-14)24-18(21)3-4-20-5-7-25(22,23)8-6-20/h14-17H,2-13H2,1H3. The number of esters is 1. The molecule has 0 aromatic carbocycles. The molecule has 4 aliphatic carbocycles. The minimum Gasteiger partial charge on any atom is -0.458 e. The molecular formula is C19H31NO4S. The van der Waals surface area contributed by atoms with Crippen molar-refractivity contribution in [1.82, 2.24) is 4.90 Å². The molecule has 1 aliphatic heterocycles. The van der Waals surface area contributed by atoms with Crippen LogP contribution in [0.2, 0.25) is 0 Å². The smallest absolute Gasteiger partial charge is 0.307 e. The Morgan fingerprint density at radius 3 is 2.12 bits per heavy atom. The number of hydrogen-bond acceptors (Lipinski definition) is 5. The molecule has 5 aliphatic rings. The van der Waals surface area contributed by atoms with Crippen molar-refractivity contribution in [1.29, 1.82) is 0 Å². The van der Waals surface area contributed by atoms with Crippen molar-refractivity contribution < 1.29 is 17.9 Å². The van der Waals surface area contributed by atoms with Crippen molar-refractivity contribution in [2.45, 2.75) is 57.5 Å². The highest BCUT2D eigenvalue weighted by molar-refractivity contribution is 7.91. The van der Waals surface area contributed by atoms with Gasteiger partial charge in [0.1, 0.15) is 5.60 Å². The SMILES string of the molecule is CCC1(OC(=O)CCN2CCS(=O)(=O)CC2)C2CC3CC(C2)CC1C3. The van der Waals surface area contributed by atoms with E-state index in [-0.39, 0.29) is 23.1 Å². The van der Waals surface area contributed by atoms with E-state index in [9.17, 15) is 13.2 Å². The first-order valence-electron chi connectivity index (χ1n) is 10.0. The molecule has 0 spiro atoms. The number of carbonyl (C=O) groups excluding carboxylic acids is 1. The lowest BCUT2D eigenvalue weighted by atomic mass is 9.49. The van der Waals surface area contributed by atoms with E-state index in [1.54, 1.807) is 0 Å². The first-order valence-corrected chi connectivity index (χ1v) is 11.9. The molecule has 4 saturated carbocycles. The maximum atomic E-state index is 12.6. The minimum absolute atomic E-state index is 0.0808. The Bertz CT molecular complexity index is 587. The quantitative estimate of drug-likeness (QED) is 0.696. The fourth-order valence-corrected chi connectivity index (χ4v) is 7.56. The van der Waals surface area contributed by atoms with Gasteiger partial charge in [0.25, 0.3) is 0 Å². The molecule has 4 bridgehead atoms. The monoisotopic (exact) mass is 369 g/mol. The van der Waals surface area contributed by atoms with Gasteiger partial charge in [0.05, 0.1) is 17.9 Å². The van der Waals surface area contributed by atoms with Crippen molar-refractivity contribution in [3.8, 4) is 0 Å². The normalized spacial score (nSPS) is 42.4. The van der Waals surface area contributed by atoms with E-state index >= 15 is 0 Å². The topological polar surface area (TPSA) is 63.7 Å². The van der Waals surface area contributed by atoms with Crippen LogP contribution in [-0.4, -0.2) is 56.0 Å². The number of carbonyl (C=O) groups is 1. The van der Waals surface area contributed by atoms with Gasteiger partial charge in [0.15, 0.2) is 9.84 Å². The second-order valence-corrected chi connectivity index (χ2v) is 11.1. The van der Waals surface area contributed by atoms with E-state index in [4.69, 9.17) is 4.74 Å². The number of nitrogens with zero attached hydrogens (tertiary/aromatic N) is 1. The van der Waals surface area contributed by atoms with Crippen LogP contribution >= 0.6 is 0 Å². The summed E-state index contributed by atoms with van der Waals surface area (Å²) in [4.78, 5) is 14.7. The third-order valence-electron chi connectivity index (χ3n) is 7.45. The Morgan fingerprint density at radius 2 is 1.60 bits per heavy atom. The van der Waals surface area contributed by atoms with Gasteiger partial charge in [0.2, 0.25) is 0 Å². The molecule has 0 unspecified atom stereocenters. The zero-order valence-corrected chi connectivity index (χ0v) is 16.1. The van der Waals surface area contributed by atoms with E-state index in [1.807, 2.05) is 0 Å². The van der Waals surface area contributed by atoms with Crippen molar-refractivity contribution in [3.63, 3.8) is 0 Å². The van der Waals surface area contributed by atoms with Crippen molar-refractivity contribution in [2.75, 3.05) is 31.1 Å². The molecule has 0 amide bonds. The average Bonchev–Trinajstić information content (AvgIpc) is 2.57. The number of hydrogen-bond donors (Lipinski definition) is 0. The molecule has 0 aromatic heterocycles. The Hall–Kier alpha value is -0.620. The molecule has 25 heavy (non-hydrogen) atoms. The predicted octanol–water partition coefficient (Wildman–Crippen LogP) is 2.25. The van der Waals surface area contributed by atoms with Crippen molar-refractivity contribution >= 4 is 15.8 Å². The van der Waals surface area contributed by atoms with Crippen LogP contribution in [0.25, 0.3) is 0 Å². The van der Waals surface area contributed by atoms with Crippen LogP contribution in [0.1, 0.15) is 51.9 Å². The number of rotatable bonds is 5. The molecule has 0 aromatic rings. The van der Waals surface area contributed by atoms with E-state index in [0.29, 0.717) is 37.9 Å². The fourth-order valence-electron chi connectivity index (χ4n) is 6.28. The van der Waals surface area contributed by atoms with E-state index in [2.05, 4.69) is 11.8 Å².